The number of rotatable bonds is 4. The third kappa shape index (κ3) is 4.17. The Morgan fingerprint density at radius 2 is 1.94 bits per heavy atom. The first kappa shape index (κ1) is 22.5. The maximum atomic E-state index is 14.2. The number of aliphatic imine (C=N–C) groups is 1. The highest BCUT2D eigenvalue weighted by Gasteiger charge is 2.58. The van der Waals surface area contributed by atoms with Crippen molar-refractivity contribution in [2.75, 3.05) is 13.2 Å². The number of hydrogen-bond acceptors (Lipinski definition) is 5. The number of nitrogens with zero attached hydrogens (tertiary/aromatic N) is 2. The minimum absolute atomic E-state index is 0.00393. The molecular weight excluding hydrogens is 472 g/mol. The van der Waals surface area contributed by atoms with Crippen LogP contribution in [0.25, 0.3) is 0 Å². The van der Waals surface area contributed by atoms with Crippen LogP contribution in [0.2, 0.25) is 10.0 Å². The quantitative estimate of drug-likeness (QED) is 0.693. The molecule has 1 saturated heterocycles. The van der Waals surface area contributed by atoms with Gasteiger partial charge < -0.3 is 5.32 Å². The Hall–Kier alpha value is -2.69. The van der Waals surface area contributed by atoms with Gasteiger partial charge in [-0.05, 0) is 35.9 Å². The first-order valence-electron chi connectivity index (χ1n) is 9.35. The standard InChI is InChI=1S/C20H15Cl2F3N4O3/c21-12-3-11(4-13(22)5-12)19(20(23,24)25)6-15(27-9-19)10-1-2-14(26-7-10)17(30)28-16-8-32-29-18(16)31/h1-5,7,16H,6,8-9H2,(H,28,30)(H,29,31). The Kier molecular flexibility index (Phi) is 5.87. The molecule has 1 aromatic heterocycles. The molecule has 2 N–H and O–H groups in total. The van der Waals surface area contributed by atoms with Gasteiger partial charge in [-0.25, -0.2) is 5.48 Å². The molecular formula is C20H15Cl2F3N4O3. The van der Waals surface area contributed by atoms with Gasteiger partial charge >= 0.3 is 6.18 Å². The predicted molar refractivity (Wildman–Crippen MR) is 110 cm³/mol. The summed E-state index contributed by atoms with van der Waals surface area (Å²) in [5, 5.41) is 2.66. The molecule has 2 aliphatic rings. The zero-order chi connectivity index (χ0) is 23.1. The van der Waals surface area contributed by atoms with Crippen molar-refractivity contribution >= 4 is 40.7 Å². The molecule has 2 aromatic rings. The summed E-state index contributed by atoms with van der Waals surface area (Å²) < 4.78 is 42.5. The summed E-state index contributed by atoms with van der Waals surface area (Å²) in [4.78, 5) is 36.6. The minimum Gasteiger partial charge on any atom is -0.337 e. The van der Waals surface area contributed by atoms with Crippen molar-refractivity contribution in [3.63, 3.8) is 0 Å². The summed E-state index contributed by atoms with van der Waals surface area (Å²) in [6.07, 6.45) is -3.76. The molecule has 2 unspecified atom stereocenters. The van der Waals surface area contributed by atoms with Gasteiger partial charge in [-0.3, -0.25) is 24.4 Å². The second kappa shape index (κ2) is 8.34. The van der Waals surface area contributed by atoms with Crippen LogP contribution in [-0.2, 0) is 15.0 Å². The number of amides is 2. The third-order valence-corrected chi connectivity index (χ3v) is 5.78. The normalized spacial score (nSPS) is 23.1. The fraction of sp³-hybridized carbons (Fsp3) is 0.300. The largest absolute Gasteiger partial charge is 0.400 e. The van der Waals surface area contributed by atoms with Gasteiger partial charge in [-0.1, -0.05) is 23.2 Å². The molecule has 0 radical (unpaired) electrons. The molecule has 4 rings (SSSR count). The highest BCUT2D eigenvalue weighted by Crippen LogP contribution is 2.48. The lowest BCUT2D eigenvalue weighted by molar-refractivity contribution is -0.183. The van der Waals surface area contributed by atoms with Crippen LogP contribution in [0.5, 0.6) is 0 Å². The lowest BCUT2D eigenvalue weighted by Gasteiger charge is -2.31. The van der Waals surface area contributed by atoms with Crippen LogP contribution in [0, 0.1) is 0 Å². The molecule has 0 spiro atoms. The minimum atomic E-state index is -4.61. The second-order valence-electron chi connectivity index (χ2n) is 7.41. The average molecular weight is 487 g/mol. The molecule has 32 heavy (non-hydrogen) atoms. The van der Waals surface area contributed by atoms with E-state index in [-0.39, 0.29) is 33.6 Å². The number of nitrogens with one attached hydrogen (secondary N) is 2. The molecule has 0 aliphatic carbocycles. The van der Waals surface area contributed by atoms with Crippen LogP contribution >= 0.6 is 23.2 Å². The number of carbonyl (C=O) groups is 2. The molecule has 1 aromatic carbocycles. The van der Waals surface area contributed by atoms with Gasteiger partial charge in [0.1, 0.15) is 23.8 Å². The molecule has 2 atom stereocenters. The third-order valence-electron chi connectivity index (χ3n) is 5.34. The zero-order valence-corrected chi connectivity index (χ0v) is 17.7. The van der Waals surface area contributed by atoms with E-state index in [4.69, 9.17) is 28.0 Å². The molecule has 12 heteroatoms. The van der Waals surface area contributed by atoms with E-state index < -0.39 is 42.4 Å². The lowest BCUT2D eigenvalue weighted by atomic mass is 9.77. The smallest absolute Gasteiger partial charge is 0.337 e. The Balaban J connectivity index is 1.55. The molecule has 2 aliphatic heterocycles. The SMILES string of the molecule is O=C(NC1CONC1=O)c1ccc(C2=NCC(c3cc(Cl)cc(Cl)c3)(C(F)(F)F)C2)cn1. The van der Waals surface area contributed by atoms with E-state index in [2.05, 4.69) is 20.8 Å². The van der Waals surface area contributed by atoms with Crippen molar-refractivity contribution in [2.45, 2.75) is 24.1 Å². The summed E-state index contributed by atoms with van der Waals surface area (Å²) in [7, 11) is 0. The van der Waals surface area contributed by atoms with E-state index >= 15 is 0 Å². The molecule has 3 heterocycles. The number of alkyl halides is 3. The van der Waals surface area contributed by atoms with Crippen LogP contribution in [0.1, 0.15) is 28.0 Å². The highest BCUT2D eigenvalue weighted by molar-refractivity contribution is 6.34. The van der Waals surface area contributed by atoms with E-state index in [9.17, 15) is 22.8 Å². The van der Waals surface area contributed by atoms with Gasteiger partial charge in [-0.15, -0.1) is 0 Å². The summed E-state index contributed by atoms with van der Waals surface area (Å²) in [6.45, 7) is -0.548. The zero-order valence-electron chi connectivity index (χ0n) is 16.2. The highest BCUT2D eigenvalue weighted by atomic mass is 35.5. The number of hydrogen-bond donors (Lipinski definition) is 2. The van der Waals surface area contributed by atoms with E-state index in [0.717, 1.165) is 0 Å². The summed E-state index contributed by atoms with van der Waals surface area (Å²) in [5.41, 5.74) is 0.314. The van der Waals surface area contributed by atoms with Crippen LogP contribution < -0.4 is 10.8 Å². The fourth-order valence-corrected chi connectivity index (χ4v) is 4.11. The van der Waals surface area contributed by atoms with Crippen molar-refractivity contribution < 1.29 is 27.6 Å². The van der Waals surface area contributed by atoms with Crippen LogP contribution in [-0.4, -0.2) is 47.9 Å². The van der Waals surface area contributed by atoms with E-state index in [1.165, 1.54) is 36.5 Å². The predicted octanol–water partition coefficient (Wildman–Crippen LogP) is 3.24. The van der Waals surface area contributed by atoms with Gasteiger partial charge in [0.25, 0.3) is 11.8 Å². The second-order valence-corrected chi connectivity index (χ2v) is 8.29. The van der Waals surface area contributed by atoms with E-state index in [1.54, 1.807) is 0 Å². The molecule has 0 saturated carbocycles. The monoisotopic (exact) mass is 486 g/mol. The topological polar surface area (TPSA) is 92.7 Å². The number of pyridine rings is 1. The van der Waals surface area contributed by atoms with Gasteiger partial charge in [-0.2, -0.15) is 13.2 Å². The first-order valence-corrected chi connectivity index (χ1v) is 10.1. The summed E-state index contributed by atoms with van der Waals surface area (Å²) >= 11 is 11.9. The Bertz CT molecular complexity index is 1090. The Labute approximate surface area is 189 Å². The number of carbonyl (C=O) groups excluding carboxylic acids is 2. The van der Waals surface area contributed by atoms with Crippen molar-refractivity contribution in [3.8, 4) is 0 Å². The molecule has 2 amide bonds. The number of benzene rings is 1. The van der Waals surface area contributed by atoms with Crippen molar-refractivity contribution in [3.05, 3.63) is 63.4 Å². The molecule has 168 valence electrons. The van der Waals surface area contributed by atoms with Gasteiger partial charge in [0, 0.05) is 33.9 Å². The van der Waals surface area contributed by atoms with Gasteiger partial charge in [0.2, 0.25) is 0 Å². The molecule has 1 fully saturated rings. The Morgan fingerprint density at radius 3 is 2.50 bits per heavy atom. The molecule has 0 bridgehead atoms. The summed E-state index contributed by atoms with van der Waals surface area (Å²) in [6, 6.07) is 5.82. The van der Waals surface area contributed by atoms with Gasteiger partial charge in [0.15, 0.2) is 0 Å². The fourth-order valence-electron chi connectivity index (χ4n) is 3.58. The van der Waals surface area contributed by atoms with E-state index in [0.29, 0.717) is 5.56 Å². The van der Waals surface area contributed by atoms with Crippen molar-refractivity contribution in [2.24, 2.45) is 4.99 Å². The number of halogens is 5. The number of aromatic nitrogens is 1. The maximum Gasteiger partial charge on any atom is 0.400 e. The summed E-state index contributed by atoms with van der Waals surface area (Å²) in [5.74, 6) is -1.10. The van der Waals surface area contributed by atoms with Crippen LogP contribution in [0.3, 0.4) is 0 Å². The van der Waals surface area contributed by atoms with Crippen molar-refractivity contribution in [1.82, 2.24) is 15.8 Å². The Morgan fingerprint density at radius 1 is 1.22 bits per heavy atom. The number of hydroxylamine groups is 1. The lowest BCUT2D eigenvalue weighted by Crippen LogP contribution is -2.43. The van der Waals surface area contributed by atoms with E-state index in [1.807, 2.05) is 0 Å². The van der Waals surface area contributed by atoms with Crippen molar-refractivity contribution in [1.29, 1.82) is 0 Å². The average Bonchev–Trinajstić information content (AvgIpc) is 3.35. The van der Waals surface area contributed by atoms with Crippen LogP contribution in [0.15, 0.2) is 41.5 Å². The molecule has 7 nitrogen and oxygen atoms in total. The van der Waals surface area contributed by atoms with Crippen LogP contribution in [0.4, 0.5) is 13.2 Å². The maximum absolute atomic E-state index is 14.2. The first-order chi connectivity index (χ1) is 15.1. The van der Waals surface area contributed by atoms with Gasteiger partial charge in [0.05, 0.1) is 6.54 Å².